The van der Waals surface area contributed by atoms with Gasteiger partial charge in [-0.25, -0.2) is 0 Å². The molecule has 3 rings (SSSR count). The standard InChI is InChI=1S/C13H9Cl2N3OS/c1-6-3-8(5-19)7(2)18(6)13-10(15)4-9(14)11-12(13)17-20-16-11/h3-5H,1-2H3. The van der Waals surface area contributed by atoms with E-state index in [2.05, 4.69) is 8.75 Å². The number of fused-ring (bicyclic) bond motifs is 1. The smallest absolute Gasteiger partial charge is 0.151 e. The minimum absolute atomic E-state index is 0.473. The van der Waals surface area contributed by atoms with E-state index in [9.17, 15) is 4.79 Å². The molecule has 0 unspecified atom stereocenters. The molecule has 0 radical (unpaired) electrons. The largest absolute Gasteiger partial charge is 0.314 e. The van der Waals surface area contributed by atoms with E-state index in [-0.39, 0.29) is 0 Å². The van der Waals surface area contributed by atoms with Crippen LogP contribution in [0.4, 0.5) is 0 Å². The lowest BCUT2D eigenvalue weighted by Crippen LogP contribution is -2.02. The van der Waals surface area contributed by atoms with E-state index in [1.807, 2.05) is 24.5 Å². The summed E-state index contributed by atoms with van der Waals surface area (Å²) in [5.41, 5.74) is 4.33. The van der Waals surface area contributed by atoms with Crippen LogP contribution in [0.5, 0.6) is 0 Å². The van der Waals surface area contributed by atoms with Crippen molar-refractivity contribution in [3.05, 3.63) is 39.1 Å². The molecule has 7 heteroatoms. The number of hydrogen-bond acceptors (Lipinski definition) is 4. The number of aryl methyl sites for hydroxylation is 1. The third-order valence-electron chi connectivity index (χ3n) is 3.24. The molecule has 1 aromatic carbocycles. The van der Waals surface area contributed by atoms with Crippen LogP contribution < -0.4 is 0 Å². The zero-order valence-corrected chi connectivity index (χ0v) is 13.0. The van der Waals surface area contributed by atoms with Gasteiger partial charge in [-0.2, -0.15) is 8.75 Å². The average molecular weight is 326 g/mol. The lowest BCUT2D eigenvalue weighted by molar-refractivity contribution is 0.112. The summed E-state index contributed by atoms with van der Waals surface area (Å²) in [5, 5.41) is 0.954. The molecule has 0 atom stereocenters. The van der Waals surface area contributed by atoms with Gasteiger partial charge in [0.15, 0.2) is 6.29 Å². The van der Waals surface area contributed by atoms with Crippen molar-refractivity contribution in [2.75, 3.05) is 0 Å². The second-order valence-electron chi connectivity index (χ2n) is 4.43. The minimum Gasteiger partial charge on any atom is -0.314 e. The van der Waals surface area contributed by atoms with Crippen LogP contribution in [0.2, 0.25) is 10.0 Å². The number of rotatable bonds is 2. The van der Waals surface area contributed by atoms with Crippen molar-refractivity contribution >= 4 is 52.2 Å². The summed E-state index contributed by atoms with van der Waals surface area (Å²) in [6.07, 6.45) is 0.832. The zero-order chi connectivity index (χ0) is 14.4. The third kappa shape index (κ3) is 1.85. The van der Waals surface area contributed by atoms with E-state index in [0.717, 1.165) is 29.4 Å². The molecule has 0 fully saturated rings. The van der Waals surface area contributed by atoms with E-state index in [0.29, 0.717) is 32.3 Å². The number of aromatic nitrogens is 3. The normalized spacial score (nSPS) is 11.2. The fourth-order valence-corrected chi connectivity index (χ4v) is 3.52. The van der Waals surface area contributed by atoms with Crippen molar-refractivity contribution in [2.45, 2.75) is 13.8 Å². The molecule has 102 valence electrons. The number of hydrogen-bond donors (Lipinski definition) is 0. The highest BCUT2D eigenvalue weighted by Gasteiger charge is 2.19. The molecule has 0 saturated carbocycles. The first-order valence-electron chi connectivity index (χ1n) is 5.79. The van der Waals surface area contributed by atoms with Gasteiger partial charge in [0, 0.05) is 17.0 Å². The van der Waals surface area contributed by atoms with Gasteiger partial charge in [-0.3, -0.25) is 4.79 Å². The highest BCUT2D eigenvalue weighted by Crippen LogP contribution is 2.35. The first-order chi connectivity index (χ1) is 9.54. The molecule has 0 saturated heterocycles. The summed E-state index contributed by atoms with van der Waals surface area (Å²) >= 11 is 13.6. The molecule has 0 N–H and O–H groups in total. The molecule has 0 aliphatic heterocycles. The minimum atomic E-state index is 0.473. The van der Waals surface area contributed by atoms with Crippen molar-refractivity contribution in [1.29, 1.82) is 0 Å². The molecule has 0 aliphatic carbocycles. The van der Waals surface area contributed by atoms with Crippen LogP contribution in [0.25, 0.3) is 16.7 Å². The second kappa shape index (κ2) is 4.84. The Morgan fingerprint density at radius 1 is 1.15 bits per heavy atom. The number of nitrogens with zero attached hydrogens (tertiary/aromatic N) is 3. The number of benzene rings is 1. The summed E-state index contributed by atoms with van der Waals surface area (Å²) < 4.78 is 10.4. The fourth-order valence-electron chi connectivity index (χ4n) is 2.33. The third-order valence-corrected chi connectivity index (χ3v) is 4.34. The monoisotopic (exact) mass is 325 g/mol. The van der Waals surface area contributed by atoms with Gasteiger partial charge in [-0.05, 0) is 26.0 Å². The summed E-state index contributed by atoms with van der Waals surface area (Å²) in [6, 6.07) is 3.47. The van der Waals surface area contributed by atoms with Crippen molar-refractivity contribution in [1.82, 2.24) is 13.3 Å². The maximum Gasteiger partial charge on any atom is 0.151 e. The molecular weight excluding hydrogens is 317 g/mol. The predicted octanol–water partition coefficient (Wildman–Crippen LogP) is 4.22. The molecule has 0 bridgehead atoms. The zero-order valence-electron chi connectivity index (χ0n) is 10.6. The van der Waals surface area contributed by atoms with Crippen LogP contribution in [0.1, 0.15) is 21.7 Å². The Balaban J connectivity index is 2.44. The van der Waals surface area contributed by atoms with Crippen molar-refractivity contribution in [3.63, 3.8) is 0 Å². The van der Waals surface area contributed by atoms with Crippen molar-refractivity contribution in [3.8, 4) is 5.69 Å². The average Bonchev–Trinajstić information content (AvgIpc) is 2.98. The number of halogens is 2. The van der Waals surface area contributed by atoms with Gasteiger partial charge in [0.25, 0.3) is 0 Å². The van der Waals surface area contributed by atoms with E-state index in [1.165, 1.54) is 0 Å². The highest BCUT2D eigenvalue weighted by molar-refractivity contribution is 7.00. The molecule has 0 amide bonds. The Hall–Kier alpha value is -1.43. The number of carbonyl (C=O) groups is 1. The van der Waals surface area contributed by atoms with Gasteiger partial charge < -0.3 is 4.57 Å². The molecular formula is C13H9Cl2N3OS. The van der Waals surface area contributed by atoms with E-state index in [4.69, 9.17) is 23.2 Å². The van der Waals surface area contributed by atoms with Gasteiger partial charge >= 0.3 is 0 Å². The van der Waals surface area contributed by atoms with Crippen molar-refractivity contribution < 1.29 is 4.79 Å². The Kier molecular flexibility index (Phi) is 3.28. The predicted molar refractivity (Wildman–Crippen MR) is 81.6 cm³/mol. The lowest BCUT2D eigenvalue weighted by Gasteiger charge is -2.12. The Bertz CT molecular complexity index is 838. The summed E-state index contributed by atoms with van der Waals surface area (Å²) in [5.74, 6) is 0. The first-order valence-corrected chi connectivity index (χ1v) is 7.28. The van der Waals surface area contributed by atoms with Gasteiger partial charge in [0.05, 0.1) is 27.5 Å². The quantitative estimate of drug-likeness (QED) is 0.663. The van der Waals surface area contributed by atoms with Crippen LogP contribution in [0.3, 0.4) is 0 Å². The molecule has 4 nitrogen and oxygen atoms in total. The summed E-state index contributed by atoms with van der Waals surface area (Å²) in [7, 11) is 0. The number of carbonyl (C=O) groups excluding carboxylic acids is 1. The molecule has 0 spiro atoms. The van der Waals surface area contributed by atoms with Gasteiger partial charge in [-0.1, -0.05) is 23.2 Å². The maximum atomic E-state index is 11.1. The SMILES string of the molecule is Cc1cc(C=O)c(C)n1-c1c(Cl)cc(Cl)c2nsnc12. The molecule has 2 aromatic heterocycles. The maximum absolute atomic E-state index is 11.1. The fraction of sp³-hybridized carbons (Fsp3) is 0.154. The Morgan fingerprint density at radius 3 is 2.50 bits per heavy atom. The molecule has 2 heterocycles. The van der Waals surface area contributed by atoms with Gasteiger partial charge in [0.2, 0.25) is 0 Å². The van der Waals surface area contributed by atoms with Crippen LogP contribution in [0, 0.1) is 13.8 Å². The Morgan fingerprint density at radius 2 is 1.85 bits per heavy atom. The summed E-state index contributed by atoms with van der Waals surface area (Å²) in [6.45, 7) is 3.78. The molecule has 20 heavy (non-hydrogen) atoms. The van der Waals surface area contributed by atoms with Gasteiger partial charge in [-0.15, -0.1) is 0 Å². The van der Waals surface area contributed by atoms with Crippen LogP contribution in [0.15, 0.2) is 12.1 Å². The van der Waals surface area contributed by atoms with E-state index in [1.54, 1.807) is 6.07 Å². The first kappa shape index (κ1) is 13.5. The highest BCUT2D eigenvalue weighted by atomic mass is 35.5. The number of aldehydes is 1. The summed E-state index contributed by atoms with van der Waals surface area (Å²) in [4.78, 5) is 11.1. The topological polar surface area (TPSA) is 47.8 Å². The molecule has 0 aliphatic rings. The van der Waals surface area contributed by atoms with Crippen LogP contribution >= 0.6 is 34.9 Å². The van der Waals surface area contributed by atoms with Gasteiger partial charge in [0.1, 0.15) is 11.0 Å². The van der Waals surface area contributed by atoms with Crippen LogP contribution in [-0.2, 0) is 0 Å². The van der Waals surface area contributed by atoms with E-state index >= 15 is 0 Å². The van der Waals surface area contributed by atoms with Crippen molar-refractivity contribution in [2.24, 2.45) is 0 Å². The lowest BCUT2D eigenvalue weighted by atomic mass is 10.2. The van der Waals surface area contributed by atoms with E-state index < -0.39 is 0 Å². The second-order valence-corrected chi connectivity index (χ2v) is 5.77. The molecule has 3 aromatic rings. The Labute approximate surface area is 129 Å². The van der Waals surface area contributed by atoms with Crippen LogP contribution in [-0.4, -0.2) is 19.6 Å².